The third kappa shape index (κ3) is 6.93. The fourth-order valence-electron chi connectivity index (χ4n) is 3.38. The molecule has 0 fully saturated rings. The summed E-state index contributed by atoms with van der Waals surface area (Å²) >= 11 is 3.04. The summed E-state index contributed by atoms with van der Waals surface area (Å²) in [6, 6.07) is 5.71. The maximum Gasteiger partial charge on any atom is 0.573 e. The third-order valence-corrected chi connectivity index (χ3v) is 5.38. The molecule has 2 aromatic rings. The van der Waals surface area contributed by atoms with Crippen LogP contribution in [0.2, 0.25) is 0 Å². The van der Waals surface area contributed by atoms with Gasteiger partial charge in [-0.2, -0.15) is 0 Å². The number of nitrogens with zero attached hydrogens (tertiary/aromatic N) is 1. The molecular formula is C23H21BrF4N2O5. The predicted molar refractivity (Wildman–Crippen MR) is 121 cm³/mol. The molecule has 0 radical (unpaired) electrons. The number of ketones is 1. The Morgan fingerprint density at radius 3 is 2.34 bits per heavy atom. The quantitative estimate of drug-likeness (QED) is 0.499. The lowest BCUT2D eigenvalue weighted by Crippen LogP contribution is -2.49. The van der Waals surface area contributed by atoms with Gasteiger partial charge < -0.3 is 19.7 Å². The zero-order valence-corrected chi connectivity index (χ0v) is 20.4. The van der Waals surface area contributed by atoms with Gasteiger partial charge in [0.1, 0.15) is 23.2 Å². The molecule has 12 heteroatoms. The van der Waals surface area contributed by atoms with Crippen LogP contribution in [0.1, 0.15) is 43.1 Å². The molecule has 1 aliphatic rings. The second kappa shape index (κ2) is 9.84. The van der Waals surface area contributed by atoms with Crippen LogP contribution in [0.25, 0.3) is 0 Å². The molecule has 2 aromatic carbocycles. The molecule has 0 spiro atoms. The summed E-state index contributed by atoms with van der Waals surface area (Å²) in [4.78, 5) is 39.8. The molecular weight excluding hydrogens is 540 g/mol. The highest BCUT2D eigenvalue weighted by Crippen LogP contribution is 2.33. The average Bonchev–Trinajstić information content (AvgIpc) is 2.79. The highest BCUT2D eigenvalue weighted by Gasteiger charge is 2.37. The van der Waals surface area contributed by atoms with Gasteiger partial charge in [0.2, 0.25) is 5.91 Å². The maximum atomic E-state index is 14.2. The summed E-state index contributed by atoms with van der Waals surface area (Å²) in [7, 11) is 0. The second-order valence-electron chi connectivity index (χ2n) is 8.73. The van der Waals surface area contributed by atoms with Crippen molar-refractivity contribution in [3.63, 3.8) is 0 Å². The molecule has 3 rings (SSSR count). The lowest BCUT2D eigenvalue weighted by molar-refractivity contribution is -0.274. The van der Waals surface area contributed by atoms with Crippen molar-refractivity contribution in [1.82, 2.24) is 5.32 Å². The minimum Gasteiger partial charge on any atom is -0.444 e. The van der Waals surface area contributed by atoms with E-state index in [-0.39, 0.29) is 22.3 Å². The molecule has 1 aliphatic heterocycles. The van der Waals surface area contributed by atoms with Gasteiger partial charge >= 0.3 is 12.5 Å². The minimum absolute atomic E-state index is 0.00525. The van der Waals surface area contributed by atoms with Crippen molar-refractivity contribution in [2.75, 3.05) is 4.90 Å². The number of Topliss-reactive ketones (excluding diaryl/α,β-unsaturated/α-hetero) is 1. The zero-order chi connectivity index (χ0) is 26.1. The van der Waals surface area contributed by atoms with Gasteiger partial charge in [-0.25, -0.2) is 9.18 Å². The van der Waals surface area contributed by atoms with E-state index in [1.165, 1.54) is 18.2 Å². The lowest BCUT2D eigenvalue weighted by Gasteiger charge is -2.27. The number of ether oxygens (including phenoxy) is 2. The Hall–Kier alpha value is -3.15. The topological polar surface area (TPSA) is 84.9 Å². The largest absolute Gasteiger partial charge is 0.573 e. The Balaban J connectivity index is 1.96. The van der Waals surface area contributed by atoms with Gasteiger partial charge in [-0.05, 0) is 66.5 Å². The van der Waals surface area contributed by atoms with E-state index in [1.807, 2.05) is 0 Å². The van der Waals surface area contributed by atoms with E-state index >= 15 is 0 Å². The lowest BCUT2D eigenvalue weighted by atomic mass is 10.0. The molecule has 1 N–H and O–H groups in total. The smallest absolute Gasteiger partial charge is 0.444 e. The number of alkyl carbamates (subject to hydrolysis) is 1. The first-order valence-corrected chi connectivity index (χ1v) is 11.1. The van der Waals surface area contributed by atoms with E-state index in [4.69, 9.17) is 4.74 Å². The number of alkyl halides is 3. The number of hydrogen-bond donors (Lipinski definition) is 1. The summed E-state index contributed by atoms with van der Waals surface area (Å²) in [5.41, 5.74) is -0.467. The molecule has 1 unspecified atom stereocenters. The van der Waals surface area contributed by atoms with Crippen LogP contribution in [0.3, 0.4) is 0 Å². The number of benzene rings is 2. The van der Waals surface area contributed by atoms with Crippen molar-refractivity contribution in [3.05, 3.63) is 57.8 Å². The fourth-order valence-corrected chi connectivity index (χ4v) is 3.71. The number of fused-ring (bicyclic) bond motifs is 1. The Morgan fingerprint density at radius 2 is 1.77 bits per heavy atom. The van der Waals surface area contributed by atoms with Crippen molar-refractivity contribution >= 4 is 39.4 Å². The molecule has 1 atom stereocenters. The zero-order valence-electron chi connectivity index (χ0n) is 18.8. The van der Waals surface area contributed by atoms with Crippen LogP contribution in [0.5, 0.6) is 5.75 Å². The van der Waals surface area contributed by atoms with Crippen LogP contribution >= 0.6 is 15.9 Å². The molecule has 0 aliphatic carbocycles. The van der Waals surface area contributed by atoms with E-state index < -0.39 is 53.8 Å². The van der Waals surface area contributed by atoms with Crippen molar-refractivity contribution in [2.24, 2.45) is 0 Å². The number of amides is 2. The first-order valence-electron chi connectivity index (χ1n) is 10.3. The van der Waals surface area contributed by atoms with Gasteiger partial charge in [0.05, 0.1) is 16.7 Å². The highest BCUT2D eigenvalue weighted by atomic mass is 79.9. The van der Waals surface area contributed by atoms with Crippen LogP contribution < -0.4 is 15.0 Å². The first-order chi connectivity index (χ1) is 16.1. The molecule has 0 saturated carbocycles. The normalized spacial score (nSPS) is 16.5. The maximum absolute atomic E-state index is 14.2. The number of carbonyl (C=O) groups is 3. The van der Waals surface area contributed by atoms with Crippen molar-refractivity contribution in [1.29, 1.82) is 0 Å². The van der Waals surface area contributed by atoms with Gasteiger partial charge in [-0.3, -0.25) is 9.59 Å². The van der Waals surface area contributed by atoms with E-state index in [2.05, 4.69) is 26.0 Å². The molecule has 7 nitrogen and oxygen atoms in total. The number of rotatable bonds is 4. The summed E-state index contributed by atoms with van der Waals surface area (Å²) in [5.74, 6) is -2.45. The Bertz CT molecular complexity index is 1150. The van der Waals surface area contributed by atoms with Crippen LogP contribution in [-0.4, -0.2) is 35.8 Å². The van der Waals surface area contributed by atoms with E-state index in [0.29, 0.717) is 5.56 Å². The number of hydrogen-bond acceptors (Lipinski definition) is 5. The Labute approximate surface area is 206 Å². The first kappa shape index (κ1) is 26.5. The van der Waals surface area contributed by atoms with Gasteiger partial charge in [0, 0.05) is 12.0 Å². The van der Waals surface area contributed by atoms with Crippen LogP contribution in [0.4, 0.5) is 28.0 Å². The molecule has 0 saturated heterocycles. The molecule has 1 heterocycles. The summed E-state index contributed by atoms with van der Waals surface area (Å²) < 4.78 is 60.6. The van der Waals surface area contributed by atoms with Crippen molar-refractivity contribution in [3.8, 4) is 5.75 Å². The standard InChI is InChI=1S/C23H21BrF4N2O5/c1-22(2,3)35-21(33)29-17-10-19(31)14-8-16(25)15(24)9-18(14)30(20(17)32)11-12-4-6-13(7-5-12)34-23(26,27)28/h4-9,17H,10-11H2,1-3H3,(H,29,33). The molecule has 0 bridgehead atoms. The van der Waals surface area contributed by atoms with Crippen LogP contribution in [-0.2, 0) is 16.1 Å². The summed E-state index contributed by atoms with van der Waals surface area (Å²) in [6.45, 7) is 4.69. The molecule has 0 aromatic heterocycles. The van der Waals surface area contributed by atoms with E-state index in [0.717, 1.165) is 23.1 Å². The number of carbonyl (C=O) groups excluding carboxylic acids is 3. The average molecular weight is 561 g/mol. The molecule has 188 valence electrons. The third-order valence-electron chi connectivity index (χ3n) is 4.77. The van der Waals surface area contributed by atoms with E-state index in [9.17, 15) is 31.9 Å². The van der Waals surface area contributed by atoms with Crippen LogP contribution in [0, 0.1) is 5.82 Å². The minimum atomic E-state index is -4.86. The monoisotopic (exact) mass is 560 g/mol. The number of nitrogens with one attached hydrogen (secondary N) is 1. The van der Waals surface area contributed by atoms with Crippen molar-refractivity contribution < 1.29 is 41.4 Å². The van der Waals surface area contributed by atoms with Gasteiger partial charge in [-0.15, -0.1) is 13.2 Å². The fraction of sp³-hybridized carbons (Fsp3) is 0.348. The van der Waals surface area contributed by atoms with Gasteiger partial charge in [0.25, 0.3) is 0 Å². The molecule has 35 heavy (non-hydrogen) atoms. The number of halogens is 5. The van der Waals surface area contributed by atoms with E-state index in [1.54, 1.807) is 20.8 Å². The molecule has 2 amide bonds. The van der Waals surface area contributed by atoms with Crippen molar-refractivity contribution in [2.45, 2.75) is 51.7 Å². The summed E-state index contributed by atoms with van der Waals surface area (Å²) in [6.07, 6.45) is -6.23. The van der Waals surface area contributed by atoms with Gasteiger partial charge in [-0.1, -0.05) is 12.1 Å². The highest BCUT2D eigenvalue weighted by molar-refractivity contribution is 9.10. The number of anilines is 1. The summed E-state index contributed by atoms with van der Waals surface area (Å²) in [5, 5.41) is 2.39. The predicted octanol–water partition coefficient (Wildman–Crippen LogP) is 5.50. The van der Waals surface area contributed by atoms with Gasteiger partial charge in [0.15, 0.2) is 5.78 Å². The van der Waals surface area contributed by atoms with Crippen LogP contribution in [0.15, 0.2) is 40.9 Å². The SMILES string of the molecule is CC(C)(C)OC(=O)NC1CC(=O)c2cc(F)c(Br)cc2N(Cc2ccc(OC(F)(F)F)cc2)C1=O. The Kier molecular flexibility index (Phi) is 7.44. The second-order valence-corrected chi connectivity index (χ2v) is 9.58. The Morgan fingerprint density at radius 1 is 1.14 bits per heavy atom.